The van der Waals surface area contributed by atoms with E-state index < -0.39 is 0 Å². The summed E-state index contributed by atoms with van der Waals surface area (Å²) in [5.41, 5.74) is 3.12. The first-order chi connectivity index (χ1) is 8.31. The molecule has 0 radical (unpaired) electrons. The van der Waals surface area contributed by atoms with E-state index in [9.17, 15) is 0 Å². The van der Waals surface area contributed by atoms with E-state index in [1.807, 2.05) is 24.4 Å². The van der Waals surface area contributed by atoms with Crippen molar-refractivity contribution in [2.45, 2.75) is 13.5 Å². The number of nitrogens with one attached hydrogen (secondary N) is 1. The van der Waals surface area contributed by atoms with Gasteiger partial charge in [-0.25, -0.2) is 4.98 Å². The summed E-state index contributed by atoms with van der Waals surface area (Å²) in [6, 6.07) is 6.21. The van der Waals surface area contributed by atoms with E-state index in [4.69, 9.17) is 0 Å². The number of anilines is 1. The van der Waals surface area contributed by atoms with E-state index in [1.54, 1.807) is 11.3 Å². The van der Waals surface area contributed by atoms with Gasteiger partial charge in [-0.1, -0.05) is 4.49 Å². The summed E-state index contributed by atoms with van der Waals surface area (Å²) in [5.74, 6) is 0. The normalized spacial score (nSPS) is 10.9. The first-order valence-corrected chi connectivity index (χ1v) is 6.83. The van der Waals surface area contributed by atoms with Crippen LogP contribution in [0.1, 0.15) is 10.7 Å². The van der Waals surface area contributed by atoms with Crippen LogP contribution >= 0.6 is 22.9 Å². The lowest BCUT2D eigenvalue weighted by Gasteiger charge is -2.03. The molecule has 3 aromatic rings. The van der Waals surface area contributed by atoms with Crippen molar-refractivity contribution in [3.8, 4) is 0 Å². The average molecular weight is 262 g/mol. The zero-order valence-electron chi connectivity index (χ0n) is 9.17. The molecule has 0 saturated heterocycles. The van der Waals surface area contributed by atoms with Gasteiger partial charge in [0.25, 0.3) is 0 Å². The van der Waals surface area contributed by atoms with Crippen LogP contribution in [0.3, 0.4) is 0 Å². The Kier molecular flexibility index (Phi) is 2.74. The second kappa shape index (κ2) is 4.38. The number of aryl methyl sites for hydroxylation is 1. The molecular formula is C11H10N4S2. The predicted octanol–water partition coefficient (Wildman–Crippen LogP) is 3.07. The van der Waals surface area contributed by atoms with Crippen LogP contribution in [0.2, 0.25) is 0 Å². The Labute approximate surface area is 106 Å². The van der Waals surface area contributed by atoms with Crippen LogP contribution in [0, 0.1) is 6.92 Å². The fourth-order valence-electron chi connectivity index (χ4n) is 1.60. The molecule has 0 atom stereocenters. The maximum Gasteiger partial charge on any atom is 0.0946 e. The number of fused-ring (bicyclic) bond motifs is 1. The molecule has 0 saturated carbocycles. The molecule has 0 aliphatic heterocycles. The minimum Gasteiger partial charge on any atom is -0.379 e. The molecule has 0 unspecified atom stereocenters. The van der Waals surface area contributed by atoms with Crippen molar-refractivity contribution in [3.63, 3.8) is 0 Å². The van der Waals surface area contributed by atoms with Crippen molar-refractivity contribution in [1.29, 1.82) is 0 Å². The third kappa shape index (κ3) is 2.27. The second-order valence-corrected chi connectivity index (χ2v) is 5.51. The summed E-state index contributed by atoms with van der Waals surface area (Å²) in [5, 5.41) is 10.4. The van der Waals surface area contributed by atoms with Crippen LogP contribution in [0.25, 0.3) is 10.2 Å². The SMILES string of the molecule is Cc1nc2ccc(NCc3csnn3)cc2s1. The van der Waals surface area contributed by atoms with E-state index in [0.29, 0.717) is 6.54 Å². The minimum atomic E-state index is 0.708. The van der Waals surface area contributed by atoms with Crippen LogP contribution in [0.15, 0.2) is 23.6 Å². The second-order valence-electron chi connectivity index (χ2n) is 3.67. The average Bonchev–Trinajstić information content (AvgIpc) is 2.92. The molecule has 0 bridgehead atoms. The summed E-state index contributed by atoms with van der Waals surface area (Å²) in [4.78, 5) is 4.43. The lowest BCUT2D eigenvalue weighted by atomic mass is 10.3. The first kappa shape index (κ1) is 10.6. The quantitative estimate of drug-likeness (QED) is 0.788. The van der Waals surface area contributed by atoms with Gasteiger partial charge in [-0.05, 0) is 36.7 Å². The van der Waals surface area contributed by atoms with Gasteiger partial charge in [0.2, 0.25) is 0 Å². The van der Waals surface area contributed by atoms with Gasteiger partial charge >= 0.3 is 0 Å². The summed E-state index contributed by atoms with van der Waals surface area (Å²) < 4.78 is 5.04. The molecule has 86 valence electrons. The molecule has 1 N–H and O–H groups in total. The van der Waals surface area contributed by atoms with E-state index >= 15 is 0 Å². The smallest absolute Gasteiger partial charge is 0.0946 e. The Hall–Kier alpha value is -1.53. The highest BCUT2D eigenvalue weighted by Gasteiger charge is 2.02. The molecule has 0 fully saturated rings. The van der Waals surface area contributed by atoms with Gasteiger partial charge in [-0.2, -0.15) is 0 Å². The van der Waals surface area contributed by atoms with Crippen molar-refractivity contribution < 1.29 is 0 Å². The molecule has 3 rings (SSSR count). The zero-order valence-corrected chi connectivity index (χ0v) is 10.8. The largest absolute Gasteiger partial charge is 0.379 e. The summed E-state index contributed by atoms with van der Waals surface area (Å²) in [7, 11) is 0. The summed E-state index contributed by atoms with van der Waals surface area (Å²) >= 11 is 3.08. The van der Waals surface area contributed by atoms with Crippen molar-refractivity contribution in [2.24, 2.45) is 0 Å². The number of nitrogens with zero attached hydrogens (tertiary/aromatic N) is 3. The number of benzene rings is 1. The summed E-state index contributed by atoms with van der Waals surface area (Å²) in [6.45, 7) is 2.73. The van der Waals surface area contributed by atoms with Gasteiger partial charge < -0.3 is 5.32 Å². The predicted molar refractivity (Wildman–Crippen MR) is 71.6 cm³/mol. The van der Waals surface area contributed by atoms with Crippen molar-refractivity contribution >= 4 is 38.8 Å². The number of hydrogen-bond donors (Lipinski definition) is 1. The van der Waals surface area contributed by atoms with Crippen LogP contribution in [-0.2, 0) is 6.54 Å². The van der Waals surface area contributed by atoms with Gasteiger partial charge in [0.1, 0.15) is 0 Å². The minimum absolute atomic E-state index is 0.708. The summed E-state index contributed by atoms with van der Waals surface area (Å²) in [6.07, 6.45) is 0. The van der Waals surface area contributed by atoms with Gasteiger partial charge in [0.15, 0.2) is 0 Å². The van der Waals surface area contributed by atoms with Gasteiger partial charge in [-0.3, -0.25) is 0 Å². The van der Waals surface area contributed by atoms with E-state index in [2.05, 4.69) is 26.0 Å². The molecule has 4 nitrogen and oxygen atoms in total. The van der Waals surface area contributed by atoms with Crippen molar-refractivity contribution in [2.75, 3.05) is 5.32 Å². The molecule has 0 aliphatic rings. The number of hydrogen-bond acceptors (Lipinski definition) is 6. The standard InChI is InChI=1S/C11H10N4S2/c1-7-13-10-3-2-8(4-11(10)17-7)12-5-9-6-16-15-14-9/h2-4,6,12H,5H2,1H3. The van der Waals surface area contributed by atoms with Crippen molar-refractivity contribution in [1.82, 2.24) is 14.6 Å². The Morgan fingerprint density at radius 3 is 3.12 bits per heavy atom. The van der Waals surface area contributed by atoms with Crippen LogP contribution in [0.5, 0.6) is 0 Å². The zero-order chi connectivity index (χ0) is 11.7. The Morgan fingerprint density at radius 2 is 2.29 bits per heavy atom. The monoisotopic (exact) mass is 262 g/mol. The lowest BCUT2D eigenvalue weighted by molar-refractivity contribution is 0.999. The highest BCUT2D eigenvalue weighted by atomic mass is 32.1. The highest BCUT2D eigenvalue weighted by molar-refractivity contribution is 7.18. The Bertz CT molecular complexity index is 630. The maximum absolute atomic E-state index is 4.43. The molecule has 0 amide bonds. The molecular weight excluding hydrogens is 252 g/mol. The fraction of sp³-hybridized carbons (Fsp3) is 0.182. The van der Waals surface area contributed by atoms with Gasteiger partial charge in [0, 0.05) is 11.1 Å². The van der Waals surface area contributed by atoms with Crippen LogP contribution in [-0.4, -0.2) is 14.6 Å². The molecule has 1 aromatic carbocycles. The fourth-order valence-corrected chi connectivity index (χ4v) is 2.92. The number of aromatic nitrogens is 3. The molecule has 2 aromatic heterocycles. The molecule has 6 heteroatoms. The molecule has 0 aliphatic carbocycles. The van der Waals surface area contributed by atoms with Gasteiger partial charge in [0.05, 0.1) is 27.5 Å². The van der Waals surface area contributed by atoms with E-state index in [0.717, 1.165) is 21.9 Å². The van der Waals surface area contributed by atoms with Crippen molar-refractivity contribution in [3.05, 3.63) is 34.3 Å². The lowest BCUT2D eigenvalue weighted by Crippen LogP contribution is -1.99. The number of thiazole rings is 1. The van der Waals surface area contributed by atoms with Gasteiger partial charge in [-0.15, -0.1) is 16.4 Å². The molecule has 17 heavy (non-hydrogen) atoms. The highest BCUT2D eigenvalue weighted by Crippen LogP contribution is 2.24. The van der Waals surface area contributed by atoms with Crippen LogP contribution < -0.4 is 5.32 Å². The van der Waals surface area contributed by atoms with Crippen LogP contribution in [0.4, 0.5) is 5.69 Å². The molecule has 0 spiro atoms. The first-order valence-electron chi connectivity index (χ1n) is 5.18. The maximum atomic E-state index is 4.43. The topological polar surface area (TPSA) is 50.7 Å². The molecule has 2 heterocycles. The van der Waals surface area contributed by atoms with E-state index in [1.165, 1.54) is 16.2 Å². The number of rotatable bonds is 3. The van der Waals surface area contributed by atoms with E-state index in [-0.39, 0.29) is 0 Å². The Morgan fingerprint density at radius 1 is 1.35 bits per heavy atom. The third-order valence-corrected chi connectivity index (χ3v) is 3.86. The Balaban J connectivity index is 1.81. The third-order valence-electron chi connectivity index (χ3n) is 2.37.